The van der Waals surface area contributed by atoms with E-state index < -0.39 is 5.54 Å². The molecule has 5 heteroatoms. The smallest absolute Gasteiger partial charge is 0.249 e. The molecular weight excluding hydrogens is 256 g/mol. The molecule has 0 aromatic heterocycles. The molecule has 1 aliphatic heterocycles. The minimum atomic E-state index is -0.746. The summed E-state index contributed by atoms with van der Waals surface area (Å²) in [6.07, 6.45) is 2.64. The number of piperazine rings is 1. The van der Waals surface area contributed by atoms with Crippen molar-refractivity contribution in [1.29, 1.82) is 0 Å². The van der Waals surface area contributed by atoms with Gasteiger partial charge in [0, 0.05) is 7.11 Å². The first-order valence-corrected chi connectivity index (χ1v) is 7.64. The van der Waals surface area contributed by atoms with Crippen LogP contribution in [0.25, 0.3) is 0 Å². The van der Waals surface area contributed by atoms with Gasteiger partial charge in [0.05, 0.1) is 12.6 Å². The van der Waals surface area contributed by atoms with E-state index in [1.165, 1.54) is 0 Å². The molecule has 20 heavy (non-hydrogen) atoms. The van der Waals surface area contributed by atoms with Crippen LogP contribution in [0.5, 0.6) is 0 Å². The third-order valence-corrected chi connectivity index (χ3v) is 4.46. The van der Waals surface area contributed by atoms with Gasteiger partial charge in [0.2, 0.25) is 11.8 Å². The van der Waals surface area contributed by atoms with E-state index in [4.69, 9.17) is 4.74 Å². The van der Waals surface area contributed by atoms with E-state index >= 15 is 0 Å². The van der Waals surface area contributed by atoms with Gasteiger partial charge in [0.25, 0.3) is 0 Å². The van der Waals surface area contributed by atoms with E-state index in [1.54, 1.807) is 12.0 Å². The van der Waals surface area contributed by atoms with Gasteiger partial charge in [-0.2, -0.15) is 0 Å². The fourth-order valence-electron chi connectivity index (χ4n) is 3.01. The average molecular weight is 284 g/mol. The highest BCUT2D eigenvalue weighted by molar-refractivity contribution is 6.00. The number of ether oxygens (including phenoxy) is 1. The average Bonchev–Trinajstić information content (AvgIpc) is 2.46. The Morgan fingerprint density at radius 1 is 1.25 bits per heavy atom. The zero-order valence-electron chi connectivity index (χ0n) is 13.4. The van der Waals surface area contributed by atoms with Crippen molar-refractivity contribution in [2.45, 2.75) is 71.0 Å². The van der Waals surface area contributed by atoms with Crippen LogP contribution >= 0.6 is 0 Å². The molecular formula is C15H28N2O3. The molecule has 116 valence electrons. The van der Waals surface area contributed by atoms with Crippen molar-refractivity contribution in [3.05, 3.63) is 0 Å². The normalized spacial score (nSPS) is 23.6. The first-order valence-electron chi connectivity index (χ1n) is 7.64. The van der Waals surface area contributed by atoms with Crippen LogP contribution in [0.4, 0.5) is 0 Å². The summed E-state index contributed by atoms with van der Waals surface area (Å²) >= 11 is 0. The lowest BCUT2D eigenvalue weighted by Crippen LogP contribution is -2.72. The van der Waals surface area contributed by atoms with E-state index in [1.807, 2.05) is 27.7 Å². The second-order valence-electron chi connectivity index (χ2n) is 5.43. The quantitative estimate of drug-likeness (QED) is 0.774. The maximum absolute atomic E-state index is 13.0. The van der Waals surface area contributed by atoms with Gasteiger partial charge in [-0.3, -0.25) is 9.59 Å². The Balaban J connectivity index is 3.18. The molecule has 1 aliphatic rings. The Morgan fingerprint density at radius 2 is 1.85 bits per heavy atom. The van der Waals surface area contributed by atoms with Gasteiger partial charge in [0.1, 0.15) is 11.6 Å². The molecule has 1 saturated heterocycles. The van der Waals surface area contributed by atoms with E-state index in [0.717, 1.165) is 6.42 Å². The molecule has 0 aliphatic carbocycles. The lowest BCUT2D eigenvalue weighted by atomic mass is 9.85. The van der Waals surface area contributed by atoms with Crippen LogP contribution in [0, 0.1) is 0 Å². The first-order chi connectivity index (χ1) is 9.51. The van der Waals surface area contributed by atoms with Crippen LogP contribution < -0.4 is 5.32 Å². The molecule has 0 aromatic carbocycles. The van der Waals surface area contributed by atoms with Crippen LogP contribution in [0.1, 0.15) is 53.4 Å². The number of carbonyl (C=O) groups excluding carboxylic acids is 2. The molecule has 1 fully saturated rings. The zero-order valence-corrected chi connectivity index (χ0v) is 13.4. The fraction of sp³-hybridized carbons (Fsp3) is 0.867. The number of hydrogen-bond donors (Lipinski definition) is 1. The van der Waals surface area contributed by atoms with Crippen molar-refractivity contribution in [1.82, 2.24) is 10.2 Å². The summed E-state index contributed by atoms with van der Waals surface area (Å²) in [7, 11) is 1.63. The second kappa shape index (κ2) is 7.07. The van der Waals surface area contributed by atoms with Gasteiger partial charge in [-0.1, -0.05) is 27.7 Å². The minimum absolute atomic E-state index is 0.0367. The summed E-state index contributed by atoms with van der Waals surface area (Å²) in [5.74, 6) is 0.00297. The predicted molar refractivity (Wildman–Crippen MR) is 78.3 cm³/mol. The summed E-state index contributed by atoms with van der Waals surface area (Å²) < 4.78 is 5.23. The predicted octanol–water partition coefficient (Wildman–Crippen LogP) is 1.71. The summed E-state index contributed by atoms with van der Waals surface area (Å²) in [6.45, 7) is 8.33. The Kier molecular flexibility index (Phi) is 5.99. The van der Waals surface area contributed by atoms with Crippen LogP contribution in [-0.2, 0) is 14.3 Å². The van der Waals surface area contributed by atoms with E-state index in [2.05, 4.69) is 5.32 Å². The van der Waals surface area contributed by atoms with Crippen molar-refractivity contribution in [2.24, 2.45) is 0 Å². The highest BCUT2D eigenvalue weighted by atomic mass is 16.5. The zero-order chi connectivity index (χ0) is 15.3. The van der Waals surface area contributed by atoms with E-state index in [9.17, 15) is 9.59 Å². The molecule has 1 rings (SSSR count). The number of nitrogens with one attached hydrogen (secondary N) is 1. The van der Waals surface area contributed by atoms with Crippen molar-refractivity contribution in [3.63, 3.8) is 0 Å². The number of hydrogen-bond acceptors (Lipinski definition) is 3. The number of rotatable bonds is 7. The fourth-order valence-corrected chi connectivity index (χ4v) is 3.01. The third kappa shape index (κ3) is 2.82. The van der Waals surface area contributed by atoms with Gasteiger partial charge in [-0.05, 0) is 25.7 Å². The van der Waals surface area contributed by atoms with Crippen molar-refractivity contribution in [3.8, 4) is 0 Å². The number of nitrogens with zero attached hydrogens (tertiary/aromatic N) is 1. The highest BCUT2D eigenvalue weighted by Crippen LogP contribution is 2.28. The minimum Gasteiger partial charge on any atom is -0.383 e. The summed E-state index contributed by atoms with van der Waals surface area (Å²) in [5.41, 5.74) is -0.746. The van der Waals surface area contributed by atoms with Crippen LogP contribution in [0.15, 0.2) is 0 Å². The maximum Gasteiger partial charge on any atom is 0.249 e. The molecule has 0 aromatic rings. The Labute approximate surface area is 122 Å². The van der Waals surface area contributed by atoms with Crippen LogP contribution in [0.2, 0.25) is 0 Å². The van der Waals surface area contributed by atoms with Crippen LogP contribution in [-0.4, -0.2) is 48.1 Å². The summed E-state index contributed by atoms with van der Waals surface area (Å²) in [6, 6.07) is -0.421. The molecule has 1 N–H and O–H groups in total. The second-order valence-corrected chi connectivity index (χ2v) is 5.43. The van der Waals surface area contributed by atoms with Gasteiger partial charge in [-0.15, -0.1) is 0 Å². The Bertz CT molecular complexity index is 353. The highest BCUT2D eigenvalue weighted by Gasteiger charge is 2.49. The molecule has 0 saturated carbocycles. The number of methoxy groups -OCH3 is 1. The molecule has 0 radical (unpaired) electrons. The van der Waals surface area contributed by atoms with Crippen molar-refractivity contribution < 1.29 is 14.3 Å². The van der Waals surface area contributed by atoms with Gasteiger partial charge in [-0.25, -0.2) is 0 Å². The van der Waals surface area contributed by atoms with E-state index in [0.29, 0.717) is 25.9 Å². The SMILES string of the molecule is CCC(COC)N1C(=O)C(CC)(CC)NC(=O)C1CC. The monoisotopic (exact) mass is 284 g/mol. The van der Waals surface area contributed by atoms with Gasteiger partial charge >= 0.3 is 0 Å². The Hall–Kier alpha value is -1.10. The lowest BCUT2D eigenvalue weighted by Gasteiger charge is -2.48. The maximum atomic E-state index is 13.0. The van der Waals surface area contributed by atoms with Crippen LogP contribution in [0.3, 0.4) is 0 Å². The molecule has 0 bridgehead atoms. The molecule has 2 unspecified atom stereocenters. The summed E-state index contributed by atoms with van der Waals surface area (Å²) in [5, 5.41) is 2.96. The Morgan fingerprint density at radius 3 is 2.25 bits per heavy atom. The largest absolute Gasteiger partial charge is 0.383 e. The number of carbonyl (C=O) groups is 2. The molecule has 2 atom stereocenters. The van der Waals surface area contributed by atoms with E-state index in [-0.39, 0.29) is 23.9 Å². The standard InChI is InChI=1S/C15H28N2O3/c1-6-11(10-20-5)17-12(7-2)13(18)16-15(8-3,9-4)14(17)19/h11-12H,6-10H2,1-5H3,(H,16,18). The molecule has 1 heterocycles. The lowest BCUT2D eigenvalue weighted by molar-refractivity contribution is -0.160. The molecule has 0 spiro atoms. The van der Waals surface area contributed by atoms with Crippen molar-refractivity contribution in [2.75, 3.05) is 13.7 Å². The van der Waals surface area contributed by atoms with Crippen molar-refractivity contribution >= 4 is 11.8 Å². The first kappa shape index (κ1) is 17.0. The molecule has 5 nitrogen and oxygen atoms in total. The third-order valence-electron chi connectivity index (χ3n) is 4.46. The van der Waals surface area contributed by atoms with Gasteiger partial charge < -0.3 is 15.0 Å². The molecule has 2 amide bonds. The topological polar surface area (TPSA) is 58.6 Å². The van der Waals surface area contributed by atoms with Gasteiger partial charge in [0.15, 0.2) is 0 Å². The summed E-state index contributed by atoms with van der Waals surface area (Å²) in [4.78, 5) is 27.1. The number of amides is 2.